The van der Waals surface area contributed by atoms with E-state index in [9.17, 15) is 13.2 Å². The van der Waals surface area contributed by atoms with E-state index in [0.29, 0.717) is 25.2 Å². The molecule has 1 atom stereocenters. The molecule has 1 N–H and O–H groups in total. The van der Waals surface area contributed by atoms with Crippen molar-refractivity contribution in [2.45, 2.75) is 50.0 Å². The predicted molar refractivity (Wildman–Crippen MR) is 109 cm³/mol. The summed E-state index contributed by atoms with van der Waals surface area (Å²) in [4.78, 5) is 15.2. The van der Waals surface area contributed by atoms with Crippen molar-refractivity contribution < 1.29 is 13.2 Å². The summed E-state index contributed by atoms with van der Waals surface area (Å²) in [6.07, 6.45) is 4.70. The topological polar surface area (TPSA) is 69.7 Å². The molecule has 2 aliphatic rings. The summed E-state index contributed by atoms with van der Waals surface area (Å²) in [5, 5.41) is 3.30. The molecule has 1 aromatic carbocycles. The minimum absolute atomic E-state index is 0. The van der Waals surface area contributed by atoms with Crippen LogP contribution in [-0.4, -0.2) is 62.3 Å². The fourth-order valence-electron chi connectivity index (χ4n) is 3.81. The van der Waals surface area contributed by atoms with Crippen LogP contribution in [0.4, 0.5) is 0 Å². The van der Waals surface area contributed by atoms with Crippen LogP contribution in [0.25, 0.3) is 0 Å². The average Bonchev–Trinajstić information content (AvgIpc) is 3.21. The fraction of sp³-hybridized carbons (Fsp3) is 0.632. The zero-order valence-corrected chi connectivity index (χ0v) is 17.5. The van der Waals surface area contributed by atoms with Crippen molar-refractivity contribution in [1.29, 1.82) is 0 Å². The van der Waals surface area contributed by atoms with Crippen LogP contribution in [0.15, 0.2) is 29.2 Å². The van der Waals surface area contributed by atoms with Crippen LogP contribution < -0.4 is 5.32 Å². The first kappa shape index (κ1) is 22.1. The first-order chi connectivity index (χ1) is 12.5. The number of amides is 1. The molecule has 1 aromatic rings. The van der Waals surface area contributed by atoms with E-state index < -0.39 is 10.0 Å². The van der Waals surface area contributed by atoms with Crippen molar-refractivity contribution in [3.63, 3.8) is 0 Å². The average molecular weight is 416 g/mol. The standard InChI is InChI=1S/C19H29N3O3S.ClH/c1-2-11-22(17-9-10-20-15-17)19(23)16-7-6-8-18(14-16)26(24,25)21-12-4-3-5-13-21;/h6-8,14,17,20H,2-5,9-13,15H2,1H3;1H. The van der Waals surface area contributed by atoms with Crippen LogP contribution in [0.3, 0.4) is 0 Å². The van der Waals surface area contributed by atoms with Gasteiger partial charge in [-0.05, 0) is 50.4 Å². The Labute approximate surface area is 168 Å². The van der Waals surface area contributed by atoms with Crippen LogP contribution in [-0.2, 0) is 10.0 Å². The molecular formula is C19H30ClN3O3S. The molecule has 1 unspecified atom stereocenters. The summed E-state index contributed by atoms with van der Waals surface area (Å²) < 4.78 is 27.4. The second-order valence-electron chi connectivity index (χ2n) is 7.14. The minimum atomic E-state index is -3.52. The van der Waals surface area contributed by atoms with Crippen molar-refractivity contribution in [2.75, 3.05) is 32.7 Å². The summed E-state index contributed by atoms with van der Waals surface area (Å²) >= 11 is 0. The van der Waals surface area contributed by atoms with Gasteiger partial charge in [-0.15, -0.1) is 12.4 Å². The lowest BCUT2D eigenvalue weighted by molar-refractivity contribution is 0.0692. The molecule has 2 saturated heterocycles. The quantitative estimate of drug-likeness (QED) is 0.774. The highest BCUT2D eigenvalue weighted by atomic mass is 35.5. The molecule has 0 aromatic heterocycles. The number of hydrogen-bond acceptors (Lipinski definition) is 4. The van der Waals surface area contributed by atoms with Gasteiger partial charge in [0.25, 0.3) is 5.91 Å². The molecule has 27 heavy (non-hydrogen) atoms. The molecule has 152 valence electrons. The number of hydrogen-bond donors (Lipinski definition) is 1. The molecule has 0 spiro atoms. The van der Waals surface area contributed by atoms with Gasteiger partial charge in [-0.1, -0.05) is 19.4 Å². The van der Waals surface area contributed by atoms with Gasteiger partial charge >= 0.3 is 0 Å². The zero-order chi connectivity index (χ0) is 18.6. The number of piperidine rings is 1. The number of nitrogens with one attached hydrogen (secondary N) is 1. The lowest BCUT2D eigenvalue weighted by Gasteiger charge is -2.29. The van der Waals surface area contributed by atoms with Crippen molar-refractivity contribution >= 4 is 28.3 Å². The molecule has 1 amide bonds. The first-order valence-electron chi connectivity index (χ1n) is 9.66. The van der Waals surface area contributed by atoms with E-state index in [1.54, 1.807) is 28.6 Å². The first-order valence-corrected chi connectivity index (χ1v) is 11.1. The smallest absolute Gasteiger partial charge is 0.254 e. The van der Waals surface area contributed by atoms with Crippen molar-refractivity contribution in [2.24, 2.45) is 0 Å². The number of sulfonamides is 1. The van der Waals surface area contributed by atoms with Gasteiger partial charge in [0.2, 0.25) is 10.0 Å². The Balaban J connectivity index is 0.00000261. The molecule has 0 bridgehead atoms. The van der Waals surface area contributed by atoms with Gasteiger partial charge in [0, 0.05) is 37.8 Å². The van der Waals surface area contributed by atoms with Gasteiger partial charge in [-0.25, -0.2) is 8.42 Å². The van der Waals surface area contributed by atoms with Crippen LogP contribution in [0.5, 0.6) is 0 Å². The third kappa shape index (κ3) is 5.02. The number of benzene rings is 1. The highest BCUT2D eigenvalue weighted by Gasteiger charge is 2.29. The van der Waals surface area contributed by atoms with Gasteiger partial charge in [0.1, 0.15) is 0 Å². The van der Waals surface area contributed by atoms with E-state index in [-0.39, 0.29) is 29.3 Å². The van der Waals surface area contributed by atoms with Crippen LogP contribution in [0.1, 0.15) is 49.4 Å². The predicted octanol–water partition coefficient (Wildman–Crippen LogP) is 2.50. The molecular weight excluding hydrogens is 386 g/mol. The zero-order valence-electron chi connectivity index (χ0n) is 15.9. The molecule has 2 fully saturated rings. The molecule has 8 heteroatoms. The lowest BCUT2D eigenvalue weighted by atomic mass is 10.1. The Morgan fingerprint density at radius 3 is 2.63 bits per heavy atom. The van der Waals surface area contributed by atoms with Crippen LogP contribution in [0, 0.1) is 0 Å². The Kier molecular flexibility index (Phi) is 8.09. The fourth-order valence-corrected chi connectivity index (χ4v) is 5.37. The van der Waals surface area contributed by atoms with Gasteiger partial charge in [-0.2, -0.15) is 4.31 Å². The summed E-state index contributed by atoms with van der Waals surface area (Å²) in [5.41, 5.74) is 0.462. The van der Waals surface area contributed by atoms with E-state index in [4.69, 9.17) is 0 Å². The summed E-state index contributed by atoms with van der Waals surface area (Å²) in [6, 6.07) is 6.74. The maximum atomic E-state index is 13.1. The van der Waals surface area contributed by atoms with Gasteiger partial charge in [0.05, 0.1) is 4.90 Å². The third-order valence-electron chi connectivity index (χ3n) is 5.23. The van der Waals surface area contributed by atoms with Crippen molar-refractivity contribution in [1.82, 2.24) is 14.5 Å². The molecule has 3 rings (SSSR count). The highest BCUT2D eigenvalue weighted by molar-refractivity contribution is 7.89. The Morgan fingerprint density at radius 1 is 1.26 bits per heavy atom. The summed E-state index contributed by atoms with van der Waals surface area (Å²) in [6.45, 7) is 5.60. The van der Waals surface area contributed by atoms with Crippen LogP contribution in [0.2, 0.25) is 0 Å². The monoisotopic (exact) mass is 415 g/mol. The second kappa shape index (κ2) is 9.87. The van der Waals surface area contributed by atoms with Crippen molar-refractivity contribution in [3.8, 4) is 0 Å². The van der Waals surface area contributed by atoms with Gasteiger partial charge < -0.3 is 10.2 Å². The molecule has 0 aliphatic carbocycles. The maximum absolute atomic E-state index is 13.1. The lowest BCUT2D eigenvalue weighted by Crippen LogP contribution is -2.42. The van der Waals surface area contributed by atoms with E-state index in [1.165, 1.54) is 0 Å². The minimum Gasteiger partial charge on any atom is -0.334 e. The maximum Gasteiger partial charge on any atom is 0.254 e. The molecule has 0 radical (unpaired) electrons. The molecule has 2 aliphatic heterocycles. The molecule has 6 nitrogen and oxygen atoms in total. The Bertz CT molecular complexity index is 729. The molecule has 2 heterocycles. The summed E-state index contributed by atoms with van der Waals surface area (Å²) in [7, 11) is -3.52. The van der Waals surface area contributed by atoms with E-state index >= 15 is 0 Å². The number of carbonyl (C=O) groups is 1. The third-order valence-corrected chi connectivity index (χ3v) is 7.13. The number of nitrogens with zero attached hydrogens (tertiary/aromatic N) is 2. The number of carbonyl (C=O) groups excluding carboxylic acids is 1. The van der Waals surface area contributed by atoms with Crippen LogP contribution >= 0.6 is 12.4 Å². The van der Waals surface area contributed by atoms with Gasteiger partial charge in [0.15, 0.2) is 0 Å². The largest absolute Gasteiger partial charge is 0.334 e. The Morgan fingerprint density at radius 2 is 2.00 bits per heavy atom. The van der Waals surface area contributed by atoms with E-state index in [0.717, 1.165) is 45.2 Å². The number of halogens is 1. The SMILES string of the molecule is CCCN(C(=O)c1cccc(S(=O)(=O)N2CCCCC2)c1)C1CCNC1.Cl. The molecule has 0 saturated carbocycles. The second-order valence-corrected chi connectivity index (χ2v) is 9.08. The summed E-state index contributed by atoms with van der Waals surface area (Å²) in [5.74, 6) is -0.0729. The highest BCUT2D eigenvalue weighted by Crippen LogP contribution is 2.22. The van der Waals surface area contributed by atoms with Crippen molar-refractivity contribution in [3.05, 3.63) is 29.8 Å². The number of rotatable bonds is 6. The normalized spacial score (nSPS) is 20.9. The van der Waals surface area contributed by atoms with Gasteiger partial charge in [-0.3, -0.25) is 4.79 Å². The van der Waals surface area contributed by atoms with E-state index in [2.05, 4.69) is 12.2 Å². The van der Waals surface area contributed by atoms with E-state index in [1.807, 2.05) is 4.90 Å². The Hall–Kier alpha value is -1.15.